The third-order valence-electron chi connectivity index (χ3n) is 5.24. The predicted octanol–water partition coefficient (Wildman–Crippen LogP) is 6.84. The molecule has 0 heterocycles. The van der Waals surface area contributed by atoms with E-state index in [1.807, 2.05) is 74.5 Å². The van der Waals surface area contributed by atoms with Crippen molar-refractivity contribution in [1.29, 1.82) is 0 Å². The van der Waals surface area contributed by atoms with Crippen LogP contribution in [-0.4, -0.2) is 11.9 Å². The van der Waals surface area contributed by atoms with Gasteiger partial charge in [0, 0.05) is 11.1 Å². The van der Waals surface area contributed by atoms with Crippen molar-refractivity contribution in [1.82, 2.24) is 0 Å². The topological polar surface area (TPSA) is 52.6 Å². The highest BCUT2D eigenvalue weighted by Crippen LogP contribution is 2.30. The summed E-state index contributed by atoms with van der Waals surface area (Å²) in [7, 11) is 0. The highest BCUT2D eigenvalue weighted by molar-refractivity contribution is 6.00. The molecule has 0 unspecified atom stereocenters. The van der Waals surface area contributed by atoms with E-state index in [0.29, 0.717) is 22.3 Å². The number of ether oxygens (including phenoxy) is 2. The third kappa shape index (κ3) is 5.48. The van der Waals surface area contributed by atoms with Gasteiger partial charge in [0.1, 0.15) is 0 Å². The Morgan fingerprint density at radius 3 is 1.09 bits per heavy atom. The first-order valence-corrected chi connectivity index (χ1v) is 10.9. The predicted molar refractivity (Wildman–Crippen MR) is 133 cm³/mol. The maximum Gasteiger partial charge on any atom is 0.343 e. The van der Waals surface area contributed by atoms with E-state index in [2.05, 4.69) is 0 Å². The van der Waals surface area contributed by atoms with Crippen LogP contribution in [0.3, 0.4) is 0 Å². The lowest BCUT2D eigenvalue weighted by atomic mass is 10.1. The molecule has 0 fully saturated rings. The van der Waals surface area contributed by atoms with Gasteiger partial charge in [-0.2, -0.15) is 0 Å². The van der Waals surface area contributed by atoms with Gasteiger partial charge in [-0.25, -0.2) is 9.59 Å². The SMILES string of the molecule is Cc1ccc(C(=O)OC(=C(OC(=O)c2ccc(C)cc2)c2ccccc2)c2ccccc2)cc1. The Labute approximate surface area is 199 Å². The van der Waals surface area contributed by atoms with Crippen LogP contribution in [0.1, 0.15) is 43.0 Å². The Morgan fingerprint density at radius 2 is 0.765 bits per heavy atom. The molecule has 4 heteroatoms. The second kappa shape index (κ2) is 10.5. The van der Waals surface area contributed by atoms with E-state index in [4.69, 9.17) is 9.47 Å². The highest BCUT2D eigenvalue weighted by Gasteiger charge is 2.22. The minimum atomic E-state index is -0.543. The molecule has 4 nitrogen and oxygen atoms in total. The van der Waals surface area contributed by atoms with Crippen LogP contribution in [0.25, 0.3) is 11.5 Å². The molecule has 0 aliphatic rings. The van der Waals surface area contributed by atoms with Crippen LogP contribution < -0.4 is 0 Å². The van der Waals surface area contributed by atoms with Crippen LogP contribution in [-0.2, 0) is 9.47 Å². The summed E-state index contributed by atoms with van der Waals surface area (Å²) in [4.78, 5) is 26.1. The molecule has 0 saturated carbocycles. The van der Waals surface area contributed by atoms with E-state index >= 15 is 0 Å². The Kier molecular flexibility index (Phi) is 6.99. The summed E-state index contributed by atoms with van der Waals surface area (Å²) in [5.74, 6) is -0.756. The summed E-state index contributed by atoms with van der Waals surface area (Å²) >= 11 is 0. The summed E-state index contributed by atoms with van der Waals surface area (Å²) in [6.07, 6.45) is 0. The van der Waals surface area contributed by atoms with Gasteiger partial charge in [0.25, 0.3) is 0 Å². The van der Waals surface area contributed by atoms with E-state index in [0.717, 1.165) is 11.1 Å². The maximum atomic E-state index is 13.1. The van der Waals surface area contributed by atoms with Crippen LogP contribution in [0.2, 0.25) is 0 Å². The van der Waals surface area contributed by atoms with Gasteiger partial charge >= 0.3 is 11.9 Å². The Morgan fingerprint density at radius 1 is 0.441 bits per heavy atom. The second-order valence-electron chi connectivity index (χ2n) is 7.90. The van der Waals surface area contributed by atoms with Crippen molar-refractivity contribution in [2.45, 2.75) is 13.8 Å². The standard InChI is InChI=1S/C30H24O4/c1-21-13-17-25(18-14-21)29(31)33-27(23-9-5-3-6-10-23)28(24-11-7-4-8-12-24)34-30(32)26-19-15-22(2)16-20-26/h3-20H,1-2H3. The van der Waals surface area contributed by atoms with Gasteiger partial charge in [-0.3, -0.25) is 0 Å². The maximum absolute atomic E-state index is 13.1. The molecule has 0 radical (unpaired) electrons. The Bertz CT molecular complexity index is 1200. The Hall–Kier alpha value is -4.44. The fourth-order valence-corrected chi connectivity index (χ4v) is 3.33. The molecular weight excluding hydrogens is 424 g/mol. The number of benzene rings is 4. The quantitative estimate of drug-likeness (QED) is 0.184. The highest BCUT2D eigenvalue weighted by atomic mass is 16.6. The molecule has 0 aromatic heterocycles. The van der Waals surface area contributed by atoms with Crippen LogP contribution in [0.5, 0.6) is 0 Å². The van der Waals surface area contributed by atoms with Crippen LogP contribution in [0.15, 0.2) is 109 Å². The number of esters is 2. The molecule has 4 rings (SSSR count). The zero-order valence-electron chi connectivity index (χ0n) is 19.0. The number of hydrogen-bond acceptors (Lipinski definition) is 4. The van der Waals surface area contributed by atoms with E-state index < -0.39 is 11.9 Å². The van der Waals surface area contributed by atoms with Gasteiger partial charge in [0.15, 0.2) is 11.5 Å². The number of hydrogen-bond donors (Lipinski definition) is 0. The van der Waals surface area contributed by atoms with Crippen molar-refractivity contribution >= 4 is 23.5 Å². The molecule has 0 spiro atoms. The fourth-order valence-electron chi connectivity index (χ4n) is 3.33. The van der Waals surface area contributed by atoms with Gasteiger partial charge in [-0.05, 0) is 38.1 Å². The zero-order valence-corrected chi connectivity index (χ0v) is 19.0. The molecule has 0 saturated heterocycles. The molecule has 0 amide bonds. The number of aryl methyl sites for hydroxylation is 2. The third-order valence-corrected chi connectivity index (χ3v) is 5.24. The van der Waals surface area contributed by atoms with Crippen molar-refractivity contribution in [3.63, 3.8) is 0 Å². The fraction of sp³-hybridized carbons (Fsp3) is 0.0667. The summed E-state index contributed by atoms with van der Waals surface area (Å²) < 4.78 is 11.8. The Balaban J connectivity index is 1.81. The summed E-state index contributed by atoms with van der Waals surface area (Å²) in [6, 6.07) is 32.5. The van der Waals surface area contributed by atoms with Crippen LogP contribution in [0, 0.1) is 13.8 Å². The normalized spacial score (nSPS) is 11.4. The largest absolute Gasteiger partial charge is 0.418 e. The number of carbonyl (C=O) groups excluding carboxylic acids is 2. The number of rotatable bonds is 6. The van der Waals surface area contributed by atoms with E-state index in [-0.39, 0.29) is 11.5 Å². The lowest BCUT2D eigenvalue weighted by Gasteiger charge is -2.16. The summed E-state index contributed by atoms with van der Waals surface area (Å²) in [6.45, 7) is 3.89. The second-order valence-corrected chi connectivity index (χ2v) is 7.90. The van der Waals surface area contributed by atoms with Crippen molar-refractivity contribution < 1.29 is 19.1 Å². The van der Waals surface area contributed by atoms with E-state index in [1.54, 1.807) is 48.5 Å². The van der Waals surface area contributed by atoms with Gasteiger partial charge in [-0.15, -0.1) is 0 Å². The monoisotopic (exact) mass is 448 g/mol. The summed E-state index contributed by atoms with van der Waals surface area (Å²) in [5, 5.41) is 0. The first-order valence-electron chi connectivity index (χ1n) is 10.9. The van der Waals surface area contributed by atoms with Crippen LogP contribution >= 0.6 is 0 Å². The molecule has 0 atom stereocenters. The molecule has 34 heavy (non-hydrogen) atoms. The van der Waals surface area contributed by atoms with Crippen molar-refractivity contribution in [2.75, 3.05) is 0 Å². The first kappa shape index (κ1) is 22.7. The number of carbonyl (C=O) groups is 2. The van der Waals surface area contributed by atoms with Gasteiger partial charge < -0.3 is 9.47 Å². The van der Waals surface area contributed by atoms with Gasteiger partial charge in [0.2, 0.25) is 0 Å². The molecule has 0 bridgehead atoms. The van der Waals surface area contributed by atoms with Gasteiger partial charge in [0.05, 0.1) is 11.1 Å². The van der Waals surface area contributed by atoms with Crippen LogP contribution in [0.4, 0.5) is 0 Å². The molecule has 0 aliphatic carbocycles. The average molecular weight is 449 g/mol. The minimum Gasteiger partial charge on any atom is -0.418 e. The average Bonchev–Trinajstić information content (AvgIpc) is 2.87. The summed E-state index contributed by atoms with van der Waals surface area (Å²) in [5.41, 5.74) is 4.09. The van der Waals surface area contributed by atoms with Crippen molar-refractivity contribution in [2.24, 2.45) is 0 Å². The molecule has 4 aromatic rings. The molecule has 0 N–H and O–H groups in total. The smallest absolute Gasteiger partial charge is 0.343 e. The molecular formula is C30H24O4. The zero-order chi connectivity index (χ0) is 23.9. The van der Waals surface area contributed by atoms with Crippen molar-refractivity contribution in [3.8, 4) is 0 Å². The van der Waals surface area contributed by atoms with E-state index in [1.165, 1.54) is 0 Å². The first-order chi connectivity index (χ1) is 16.5. The lowest BCUT2D eigenvalue weighted by molar-refractivity contribution is 0.0646. The molecule has 168 valence electrons. The lowest BCUT2D eigenvalue weighted by Crippen LogP contribution is -2.11. The van der Waals surface area contributed by atoms with Crippen molar-refractivity contribution in [3.05, 3.63) is 143 Å². The molecule has 4 aromatic carbocycles. The molecule has 0 aliphatic heterocycles. The van der Waals surface area contributed by atoms with E-state index in [9.17, 15) is 9.59 Å². The van der Waals surface area contributed by atoms with Gasteiger partial charge in [-0.1, -0.05) is 96.1 Å². The minimum absolute atomic E-state index is 0.165.